The van der Waals surface area contributed by atoms with Crippen molar-refractivity contribution in [3.63, 3.8) is 0 Å². The SMILES string of the molecule is Cc1coc2cc(Br)ccc2c1=O. The maximum atomic E-state index is 11.6. The first kappa shape index (κ1) is 8.51. The molecule has 0 saturated heterocycles. The molecule has 2 nitrogen and oxygen atoms in total. The monoisotopic (exact) mass is 238 g/mol. The second kappa shape index (κ2) is 3.00. The van der Waals surface area contributed by atoms with Crippen LogP contribution in [0.4, 0.5) is 0 Å². The molecule has 0 radical (unpaired) electrons. The molecule has 1 aromatic heterocycles. The highest BCUT2D eigenvalue weighted by molar-refractivity contribution is 9.10. The normalized spacial score (nSPS) is 10.6. The van der Waals surface area contributed by atoms with E-state index in [2.05, 4.69) is 15.9 Å². The Bertz CT molecular complexity index is 514. The second-order valence-electron chi connectivity index (χ2n) is 2.89. The van der Waals surface area contributed by atoms with E-state index in [4.69, 9.17) is 4.42 Å². The van der Waals surface area contributed by atoms with E-state index in [9.17, 15) is 4.79 Å². The second-order valence-corrected chi connectivity index (χ2v) is 3.80. The topological polar surface area (TPSA) is 30.2 Å². The lowest BCUT2D eigenvalue weighted by Gasteiger charge is -1.97. The van der Waals surface area contributed by atoms with E-state index in [1.807, 2.05) is 6.07 Å². The third-order valence-corrected chi connectivity index (χ3v) is 2.40. The van der Waals surface area contributed by atoms with Crippen molar-refractivity contribution >= 4 is 26.9 Å². The van der Waals surface area contributed by atoms with Gasteiger partial charge in [0.15, 0.2) is 5.43 Å². The lowest BCUT2D eigenvalue weighted by atomic mass is 10.2. The number of benzene rings is 1. The Labute approximate surface area is 83.3 Å². The minimum atomic E-state index is 0.0359. The van der Waals surface area contributed by atoms with Crippen LogP contribution in [0.25, 0.3) is 11.0 Å². The Morgan fingerprint density at radius 3 is 2.92 bits per heavy atom. The summed E-state index contributed by atoms with van der Waals surface area (Å²) < 4.78 is 6.18. The van der Waals surface area contributed by atoms with E-state index >= 15 is 0 Å². The van der Waals surface area contributed by atoms with Crippen molar-refractivity contribution in [2.24, 2.45) is 0 Å². The summed E-state index contributed by atoms with van der Waals surface area (Å²) in [7, 11) is 0. The highest BCUT2D eigenvalue weighted by atomic mass is 79.9. The summed E-state index contributed by atoms with van der Waals surface area (Å²) in [4.78, 5) is 11.6. The predicted octanol–water partition coefficient (Wildman–Crippen LogP) is 2.86. The summed E-state index contributed by atoms with van der Waals surface area (Å²) in [5.41, 5.74) is 1.29. The zero-order valence-electron chi connectivity index (χ0n) is 7.00. The van der Waals surface area contributed by atoms with Gasteiger partial charge in [0.2, 0.25) is 0 Å². The molecule has 0 aliphatic heterocycles. The van der Waals surface area contributed by atoms with Gasteiger partial charge in [-0.05, 0) is 25.1 Å². The highest BCUT2D eigenvalue weighted by Gasteiger charge is 2.02. The first-order valence-corrected chi connectivity index (χ1v) is 4.65. The van der Waals surface area contributed by atoms with Crippen LogP contribution in [-0.4, -0.2) is 0 Å². The Morgan fingerprint density at radius 1 is 1.38 bits per heavy atom. The van der Waals surface area contributed by atoms with Gasteiger partial charge in [-0.25, -0.2) is 0 Å². The van der Waals surface area contributed by atoms with Crippen LogP contribution in [-0.2, 0) is 0 Å². The van der Waals surface area contributed by atoms with E-state index in [1.54, 1.807) is 19.1 Å². The van der Waals surface area contributed by atoms with Gasteiger partial charge in [0.25, 0.3) is 0 Å². The minimum Gasteiger partial charge on any atom is -0.464 e. The molecule has 0 N–H and O–H groups in total. The molecule has 66 valence electrons. The Morgan fingerprint density at radius 2 is 2.15 bits per heavy atom. The van der Waals surface area contributed by atoms with E-state index in [0.29, 0.717) is 16.5 Å². The molecule has 0 fully saturated rings. The van der Waals surface area contributed by atoms with Crippen molar-refractivity contribution in [1.82, 2.24) is 0 Å². The lowest BCUT2D eigenvalue weighted by Crippen LogP contribution is -2.03. The summed E-state index contributed by atoms with van der Waals surface area (Å²) in [5.74, 6) is 0. The molecule has 0 atom stereocenters. The van der Waals surface area contributed by atoms with Crippen LogP contribution in [0.1, 0.15) is 5.56 Å². The standard InChI is InChI=1S/C10H7BrO2/c1-6-5-13-9-4-7(11)2-3-8(9)10(6)12/h2-5H,1H3. The molecule has 1 heterocycles. The summed E-state index contributed by atoms with van der Waals surface area (Å²) >= 11 is 3.31. The molecule has 2 rings (SSSR count). The number of hydrogen-bond donors (Lipinski definition) is 0. The van der Waals surface area contributed by atoms with Gasteiger partial charge < -0.3 is 4.42 Å². The Balaban J connectivity index is 2.95. The third-order valence-electron chi connectivity index (χ3n) is 1.91. The van der Waals surface area contributed by atoms with Crippen LogP contribution in [0.2, 0.25) is 0 Å². The number of hydrogen-bond acceptors (Lipinski definition) is 2. The van der Waals surface area contributed by atoms with Crippen LogP contribution < -0.4 is 5.43 Å². The maximum Gasteiger partial charge on any atom is 0.195 e. The van der Waals surface area contributed by atoms with Gasteiger partial charge in [-0.1, -0.05) is 15.9 Å². The van der Waals surface area contributed by atoms with Crippen molar-refractivity contribution in [2.45, 2.75) is 6.92 Å². The fourth-order valence-electron chi connectivity index (χ4n) is 1.20. The molecule has 0 aliphatic carbocycles. The first-order valence-electron chi connectivity index (χ1n) is 3.86. The third kappa shape index (κ3) is 1.40. The molecule has 0 bridgehead atoms. The summed E-state index contributed by atoms with van der Waals surface area (Å²) in [6.07, 6.45) is 1.48. The summed E-state index contributed by atoms with van der Waals surface area (Å²) in [5, 5.41) is 0.628. The molecule has 2 aromatic rings. The molecule has 0 saturated carbocycles. The number of aryl methyl sites for hydroxylation is 1. The Kier molecular flexibility index (Phi) is 1.96. The summed E-state index contributed by atoms with van der Waals surface area (Å²) in [6.45, 7) is 1.74. The quantitative estimate of drug-likeness (QED) is 0.707. The molecule has 13 heavy (non-hydrogen) atoms. The van der Waals surface area contributed by atoms with Crippen molar-refractivity contribution in [2.75, 3.05) is 0 Å². The van der Waals surface area contributed by atoms with Gasteiger partial charge >= 0.3 is 0 Å². The Hall–Kier alpha value is -1.09. The molecule has 0 aliphatic rings. The van der Waals surface area contributed by atoms with E-state index in [0.717, 1.165) is 4.47 Å². The van der Waals surface area contributed by atoms with Gasteiger partial charge in [-0.3, -0.25) is 4.79 Å². The van der Waals surface area contributed by atoms with Gasteiger partial charge in [0, 0.05) is 10.0 Å². The smallest absolute Gasteiger partial charge is 0.195 e. The lowest BCUT2D eigenvalue weighted by molar-refractivity contribution is 0.597. The average molecular weight is 239 g/mol. The van der Waals surface area contributed by atoms with Crippen LogP contribution in [0, 0.1) is 6.92 Å². The van der Waals surface area contributed by atoms with Gasteiger partial charge in [-0.15, -0.1) is 0 Å². The van der Waals surface area contributed by atoms with Crippen molar-refractivity contribution in [3.05, 3.63) is 44.7 Å². The minimum absolute atomic E-state index is 0.0359. The maximum absolute atomic E-state index is 11.6. The first-order chi connectivity index (χ1) is 6.18. The molecular formula is C10H7BrO2. The molecule has 0 unspecified atom stereocenters. The van der Waals surface area contributed by atoms with Gasteiger partial charge in [0.05, 0.1) is 11.6 Å². The zero-order chi connectivity index (χ0) is 9.42. The molecule has 1 aromatic carbocycles. The highest BCUT2D eigenvalue weighted by Crippen LogP contribution is 2.17. The summed E-state index contributed by atoms with van der Waals surface area (Å²) in [6, 6.07) is 5.38. The fourth-order valence-corrected chi connectivity index (χ4v) is 1.54. The fraction of sp³-hybridized carbons (Fsp3) is 0.100. The van der Waals surface area contributed by atoms with Crippen molar-refractivity contribution < 1.29 is 4.42 Å². The van der Waals surface area contributed by atoms with E-state index < -0.39 is 0 Å². The molecular weight excluding hydrogens is 232 g/mol. The molecule has 0 amide bonds. The van der Waals surface area contributed by atoms with E-state index in [-0.39, 0.29) is 5.43 Å². The van der Waals surface area contributed by atoms with E-state index in [1.165, 1.54) is 6.26 Å². The zero-order valence-corrected chi connectivity index (χ0v) is 8.59. The number of rotatable bonds is 0. The van der Waals surface area contributed by atoms with Gasteiger partial charge in [-0.2, -0.15) is 0 Å². The molecule has 3 heteroatoms. The van der Waals surface area contributed by atoms with Crippen molar-refractivity contribution in [3.8, 4) is 0 Å². The van der Waals surface area contributed by atoms with Crippen LogP contribution >= 0.6 is 15.9 Å². The average Bonchev–Trinajstić information content (AvgIpc) is 2.12. The van der Waals surface area contributed by atoms with Crippen LogP contribution in [0.15, 0.2) is 38.1 Å². The van der Waals surface area contributed by atoms with Crippen LogP contribution in [0.3, 0.4) is 0 Å². The van der Waals surface area contributed by atoms with Gasteiger partial charge in [0.1, 0.15) is 5.58 Å². The van der Waals surface area contributed by atoms with Crippen LogP contribution in [0.5, 0.6) is 0 Å². The van der Waals surface area contributed by atoms with Crippen molar-refractivity contribution in [1.29, 1.82) is 0 Å². The molecule has 0 spiro atoms. The number of halogens is 1. The largest absolute Gasteiger partial charge is 0.464 e. The number of fused-ring (bicyclic) bond motifs is 1. The predicted molar refractivity (Wildman–Crippen MR) is 54.9 cm³/mol.